The predicted molar refractivity (Wildman–Crippen MR) is 239 cm³/mol. The summed E-state index contributed by atoms with van der Waals surface area (Å²) in [5.74, 6) is -1.14. The van der Waals surface area contributed by atoms with Gasteiger partial charge in [-0.25, -0.2) is 4.57 Å². The highest BCUT2D eigenvalue weighted by atomic mass is 31.2. The second kappa shape index (κ2) is 37.0. The third-order valence-electron chi connectivity index (χ3n) is 10.4. The van der Waals surface area contributed by atoms with E-state index in [9.17, 15) is 44.6 Å². The van der Waals surface area contributed by atoms with Crippen molar-refractivity contribution in [1.82, 2.24) is 0 Å². The number of unbranched alkanes of at least 4 members (excludes halogenated alkanes) is 15. The van der Waals surface area contributed by atoms with Crippen LogP contribution in [0.15, 0.2) is 60.8 Å². The highest BCUT2D eigenvalue weighted by Crippen LogP contribution is 2.47. The number of aliphatic hydroxyl groups is 5. The maximum Gasteiger partial charge on any atom is 0.472 e. The SMILES string of the molecule is CC/C=C\C/C=C\C/C=C\C/C=C\C/C=C\CCCCCC(=O)OC(COC(=O)CCCCCCCCCCCCCCC)COP(=O)(O)OC1C(O)C(O)C(O)C(O)C1O. The summed E-state index contributed by atoms with van der Waals surface area (Å²) in [4.78, 5) is 35.7. The fourth-order valence-electron chi connectivity index (χ4n) is 6.67. The van der Waals surface area contributed by atoms with Crippen molar-refractivity contribution in [2.45, 2.75) is 211 Å². The molecule has 0 spiro atoms. The molecule has 0 aromatic rings. The van der Waals surface area contributed by atoms with Crippen molar-refractivity contribution in [3.05, 3.63) is 60.8 Å². The quantitative estimate of drug-likeness (QED) is 0.0149. The van der Waals surface area contributed by atoms with E-state index in [-0.39, 0.29) is 12.8 Å². The van der Waals surface area contributed by atoms with Crippen LogP contribution in [-0.4, -0.2) is 98.3 Å². The molecule has 6 N–H and O–H groups in total. The van der Waals surface area contributed by atoms with E-state index in [1.165, 1.54) is 57.8 Å². The normalized spacial score (nSPS) is 22.6. The van der Waals surface area contributed by atoms with Gasteiger partial charge in [-0.05, 0) is 57.8 Å². The largest absolute Gasteiger partial charge is 0.472 e. The molecule has 61 heavy (non-hydrogen) atoms. The van der Waals surface area contributed by atoms with Crippen molar-refractivity contribution in [2.75, 3.05) is 13.2 Å². The Labute approximate surface area is 366 Å². The summed E-state index contributed by atoms with van der Waals surface area (Å²) in [7, 11) is -5.13. The van der Waals surface area contributed by atoms with Gasteiger partial charge >= 0.3 is 19.8 Å². The molecule has 1 aliphatic rings. The molecule has 0 amide bonds. The number of allylic oxidation sites excluding steroid dienone is 10. The molecule has 6 unspecified atom stereocenters. The van der Waals surface area contributed by atoms with Crippen molar-refractivity contribution < 1.29 is 63.1 Å². The molecule has 1 aliphatic carbocycles. The van der Waals surface area contributed by atoms with Gasteiger partial charge in [0.1, 0.15) is 43.2 Å². The van der Waals surface area contributed by atoms with Crippen LogP contribution in [0, 0.1) is 0 Å². The molecule has 14 heteroatoms. The van der Waals surface area contributed by atoms with Crippen LogP contribution in [0.3, 0.4) is 0 Å². The van der Waals surface area contributed by atoms with Crippen LogP contribution in [0.25, 0.3) is 0 Å². The fraction of sp³-hybridized carbons (Fsp3) is 0.745. The number of carbonyl (C=O) groups is 2. The molecule has 0 aromatic heterocycles. The van der Waals surface area contributed by atoms with Gasteiger partial charge in [-0.1, -0.05) is 158 Å². The smallest absolute Gasteiger partial charge is 0.462 e. The van der Waals surface area contributed by atoms with E-state index in [0.717, 1.165) is 70.6 Å². The van der Waals surface area contributed by atoms with Gasteiger partial charge in [-0.3, -0.25) is 18.6 Å². The van der Waals surface area contributed by atoms with Crippen LogP contribution >= 0.6 is 7.82 Å². The molecule has 0 saturated heterocycles. The Morgan fingerprint density at radius 2 is 0.934 bits per heavy atom. The number of carbonyl (C=O) groups excluding carboxylic acids is 2. The van der Waals surface area contributed by atoms with Gasteiger partial charge in [0.25, 0.3) is 0 Å². The third kappa shape index (κ3) is 29.5. The molecular weight excluding hydrogens is 803 g/mol. The van der Waals surface area contributed by atoms with Crippen molar-refractivity contribution in [2.24, 2.45) is 0 Å². The van der Waals surface area contributed by atoms with Crippen LogP contribution in [0.2, 0.25) is 0 Å². The van der Waals surface area contributed by atoms with Crippen LogP contribution in [0.1, 0.15) is 168 Å². The Morgan fingerprint density at radius 3 is 1.43 bits per heavy atom. The Balaban J connectivity index is 2.49. The number of esters is 2. The van der Waals surface area contributed by atoms with Crippen LogP contribution in [-0.2, 0) is 32.7 Å². The molecule has 1 saturated carbocycles. The fourth-order valence-corrected chi connectivity index (χ4v) is 7.64. The van der Waals surface area contributed by atoms with Crippen LogP contribution in [0.5, 0.6) is 0 Å². The third-order valence-corrected chi connectivity index (χ3v) is 11.4. The van der Waals surface area contributed by atoms with E-state index in [1.807, 2.05) is 0 Å². The molecule has 0 bridgehead atoms. The first-order valence-electron chi connectivity index (χ1n) is 23.1. The first-order chi connectivity index (χ1) is 29.4. The number of phosphoric acid groups is 1. The van der Waals surface area contributed by atoms with Gasteiger partial charge in [0.05, 0.1) is 6.61 Å². The average molecular weight is 885 g/mol. The highest BCUT2D eigenvalue weighted by molar-refractivity contribution is 7.47. The Kier molecular flexibility index (Phi) is 34.3. The standard InChI is InChI=1S/C47H81O13P/c1-3-5-7-9-11-13-15-17-18-19-20-21-22-24-26-28-30-32-34-36-41(49)59-39(38-58-61(55,56)60-47-45(53)43(51)42(50)44(52)46(47)54)37-57-40(48)35-33-31-29-27-25-23-16-14-12-10-8-6-4-2/h5,7,11,13,17-18,20-21,24,26,39,42-47,50-54H,3-4,6,8-10,12,14-16,19,22-23,25,27-38H2,1-2H3,(H,55,56)/b7-5-,13-11-,18-17-,21-20-,26-24-. The van der Waals surface area contributed by atoms with Gasteiger partial charge in [0, 0.05) is 12.8 Å². The summed E-state index contributed by atoms with van der Waals surface area (Å²) in [6, 6.07) is 0. The number of aliphatic hydroxyl groups excluding tert-OH is 5. The van der Waals surface area contributed by atoms with Crippen molar-refractivity contribution in [1.29, 1.82) is 0 Å². The maximum absolute atomic E-state index is 12.8. The Bertz CT molecular complexity index is 1300. The Morgan fingerprint density at radius 1 is 0.525 bits per heavy atom. The predicted octanol–water partition coefficient (Wildman–Crippen LogP) is 8.94. The summed E-state index contributed by atoms with van der Waals surface area (Å²) in [6.07, 6.45) is 31.3. The molecule has 0 heterocycles. The first-order valence-corrected chi connectivity index (χ1v) is 24.6. The van der Waals surface area contributed by atoms with Crippen molar-refractivity contribution in [3.63, 3.8) is 0 Å². The minimum atomic E-state index is -5.13. The molecule has 0 aromatic carbocycles. The molecule has 1 fully saturated rings. The average Bonchev–Trinajstić information content (AvgIpc) is 3.24. The molecular formula is C47H81O13P. The van der Waals surface area contributed by atoms with Gasteiger partial charge < -0.3 is 39.9 Å². The van der Waals surface area contributed by atoms with E-state index >= 15 is 0 Å². The molecule has 13 nitrogen and oxygen atoms in total. The number of phosphoric ester groups is 1. The van der Waals surface area contributed by atoms with Gasteiger partial charge in [-0.15, -0.1) is 0 Å². The molecule has 0 radical (unpaired) electrons. The van der Waals surface area contributed by atoms with E-state index in [0.29, 0.717) is 12.8 Å². The lowest BCUT2D eigenvalue weighted by atomic mass is 9.85. The van der Waals surface area contributed by atoms with E-state index < -0.39 is 75.7 Å². The molecule has 0 aliphatic heterocycles. The monoisotopic (exact) mass is 885 g/mol. The molecule has 1 rings (SSSR count). The maximum atomic E-state index is 12.8. The molecule has 6 atom stereocenters. The number of hydrogen-bond donors (Lipinski definition) is 6. The molecule has 352 valence electrons. The number of rotatable bonds is 37. The summed E-state index contributed by atoms with van der Waals surface area (Å²) in [6.45, 7) is 3.15. The Hall–Kier alpha value is -2.45. The summed E-state index contributed by atoms with van der Waals surface area (Å²) < 4.78 is 33.5. The van der Waals surface area contributed by atoms with Crippen LogP contribution in [0.4, 0.5) is 0 Å². The zero-order valence-corrected chi connectivity index (χ0v) is 38.1. The second-order valence-corrected chi connectivity index (χ2v) is 17.3. The van der Waals surface area contributed by atoms with Gasteiger partial charge in [0.15, 0.2) is 6.10 Å². The minimum absolute atomic E-state index is 0.0565. The summed E-state index contributed by atoms with van der Waals surface area (Å²) in [5.41, 5.74) is 0. The highest BCUT2D eigenvalue weighted by Gasteiger charge is 2.51. The van der Waals surface area contributed by atoms with Gasteiger partial charge in [-0.2, -0.15) is 0 Å². The minimum Gasteiger partial charge on any atom is -0.462 e. The van der Waals surface area contributed by atoms with E-state index in [2.05, 4.69) is 74.6 Å². The van der Waals surface area contributed by atoms with E-state index in [1.54, 1.807) is 0 Å². The lowest BCUT2D eigenvalue weighted by Crippen LogP contribution is -2.64. The van der Waals surface area contributed by atoms with Crippen molar-refractivity contribution in [3.8, 4) is 0 Å². The zero-order chi connectivity index (χ0) is 45.0. The second-order valence-electron chi connectivity index (χ2n) is 15.9. The topological polar surface area (TPSA) is 210 Å². The van der Waals surface area contributed by atoms with Gasteiger partial charge in [0.2, 0.25) is 0 Å². The van der Waals surface area contributed by atoms with E-state index in [4.69, 9.17) is 18.5 Å². The number of ether oxygens (including phenoxy) is 2. The lowest BCUT2D eigenvalue weighted by molar-refractivity contribution is -0.220. The van der Waals surface area contributed by atoms with Crippen molar-refractivity contribution >= 4 is 19.8 Å². The zero-order valence-electron chi connectivity index (χ0n) is 37.2. The lowest BCUT2D eigenvalue weighted by Gasteiger charge is -2.41. The number of hydrogen-bond acceptors (Lipinski definition) is 12. The summed E-state index contributed by atoms with van der Waals surface area (Å²) >= 11 is 0. The summed E-state index contributed by atoms with van der Waals surface area (Å²) in [5, 5.41) is 50.1. The first kappa shape index (κ1) is 56.6. The van der Waals surface area contributed by atoms with Crippen LogP contribution < -0.4 is 0 Å².